The van der Waals surface area contributed by atoms with Crippen molar-refractivity contribution >= 4 is 23.6 Å². The molecule has 24 heavy (non-hydrogen) atoms. The monoisotopic (exact) mass is 343 g/mol. The van der Waals surface area contributed by atoms with Gasteiger partial charge in [0.2, 0.25) is 0 Å². The maximum Gasteiger partial charge on any atom is 0.348 e. The number of halogens is 1. The minimum Gasteiger partial charge on any atom is -0.462 e. The van der Waals surface area contributed by atoms with E-state index in [9.17, 15) is 4.79 Å². The SMILES string of the molecule is CCCCOC(=O)/C(C#N)=C/c1cnn(Cc2ccccc2Cl)c1. The van der Waals surface area contributed by atoms with Crippen molar-refractivity contribution in [2.24, 2.45) is 0 Å². The van der Waals surface area contributed by atoms with E-state index in [2.05, 4.69) is 5.10 Å². The molecule has 0 aliphatic carbocycles. The van der Waals surface area contributed by atoms with Crippen LogP contribution in [0, 0.1) is 11.3 Å². The lowest BCUT2D eigenvalue weighted by Crippen LogP contribution is -2.07. The van der Waals surface area contributed by atoms with Gasteiger partial charge in [0.05, 0.1) is 19.3 Å². The van der Waals surface area contributed by atoms with Crippen LogP contribution in [0.5, 0.6) is 0 Å². The van der Waals surface area contributed by atoms with Crippen molar-refractivity contribution in [3.8, 4) is 6.07 Å². The van der Waals surface area contributed by atoms with Crippen molar-refractivity contribution in [1.82, 2.24) is 9.78 Å². The maximum atomic E-state index is 11.8. The molecule has 0 aliphatic rings. The quantitative estimate of drug-likeness (QED) is 0.331. The molecule has 1 heterocycles. The van der Waals surface area contributed by atoms with Crippen molar-refractivity contribution in [2.45, 2.75) is 26.3 Å². The summed E-state index contributed by atoms with van der Waals surface area (Å²) in [5, 5.41) is 14.0. The molecule has 2 aromatic rings. The number of nitriles is 1. The number of carbonyl (C=O) groups is 1. The summed E-state index contributed by atoms with van der Waals surface area (Å²) in [5.41, 5.74) is 1.56. The molecule has 0 unspecified atom stereocenters. The first-order chi connectivity index (χ1) is 11.6. The highest BCUT2D eigenvalue weighted by molar-refractivity contribution is 6.31. The molecule has 0 saturated heterocycles. The van der Waals surface area contributed by atoms with Crippen LogP contribution in [0.3, 0.4) is 0 Å². The molecular weight excluding hydrogens is 326 g/mol. The fourth-order valence-electron chi connectivity index (χ4n) is 2.03. The van der Waals surface area contributed by atoms with Crippen LogP contribution >= 0.6 is 11.6 Å². The number of aromatic nitrogens is 2. The van der Waals surface area contributed by atoms with E-state index < -0.39 is 5.97 Å². The number of carbonyl (C=O) groups excluding carboxylic acids is 1. The Bertz CT molecular complexity index is 775. The van der Waals surface area contributed by atoms with Crippen LogP contribution in [-0.2, 0) is 16.1 Å². The Labute approximate surface area is 146 Å². The predicted molar refractivity (Wildman–Crippen MR) is 92.2 cm³/mol. The fourth-order valence-corrected chi connectivity index (χ4v) is 2.23. The number of esters is 1. The second-order valence-electron chi connectivity index (χ2n) is 5.22. The molecule has 1 aromatic carbocycles. The van der Waals surface area contributed by atoms with E-state index in [1.54, 1.807) is 17.1 Å². The zero-order valence-electron chi connectivity index (χ0n) is 13.4. The van der Waals surface area contributed by atoms with Crippen molar-refractivity contribution in [1.29, 1.82) is 5.26 Å². The molecule has 0 bridgehead atoms. The lowest BCUT2D eigenvalue weighted by molar-refractivity contribution is -0.138. The van der Waals surface area contributed by atoms with Crippen molar-refractivity contribution in [3.63, 3.8) is 0 Å². The van der Waals surface area contributed by atoms with E-state index >= 15 is 0 Å². The van der Waals surface area contributed by atoms with Crippen LogP contribution in [0.15, 0.2) is 42.2 Å². The van der Waals surface area contributed by atoms with Crippen LogP contribution in [0.25, 0.3) is 6.08 Å². The predicted octanol–water partition coefficient (Wildman–Crippen LogP) is 3.84. The zero-order chi connectivity index (χ0) is 17.4. The number of benzene rings is 1. The molecule has 0 spiro atoms. The Hall–Kier alpha value is -2.58. The Morgan fingerprint density at radius 2 is 2.25 bits per heavy atom. The molecule has 0 N–H and O–H groups in total. The van der Waals surface area contributed by atoms with Crippen LogP contribution in [0.4, 0.5) is 0 Å². The smallest absolute Gasteiger partial charge is 0.348 e. The van der Waals surface area contributed by atoms with Crippen LogP contribution < -0.4 is 0 Å². The Morgan fingerprint density at radius 1 is 1.46 bits per heavy atom. The van der Waals surface area contributed by atoms with Gasteiger partial charge in [-0.25, -0.2) is 4.79 Å². The third-order valence-electron chi connectivity index (χ3n) is 3.33. The number of ether oxygens (including phenoxy) is 1. The average molecular weight is 344 g/mol. The average Bonchev–Trinajstić information content (AvgIpc) is 3.02. The van der Waals surface area contributed by atoms with Gasteiger partial charge in [0.25, 0.3) is 0 Å². The van der Waals surface area contributed by atoms with Gasteiger partial charge in [0.1, 0.15) is 11.6 Å². The third kappa shape index (κ3) is 4.97. The fraction of sp³-hybridized carbons (Fsp3) is 0.278. The summed E-state index contributed by atoms with van der Waals surface area (Å²) >= 11 is 6.13. The first-order valence-electron chi connectivity index (χ1n) is 7.68. The molecule has 2 rings (SSSR count). The molecule has 0 radical (unpaired) electrons. The van der Waals surface area contributed by atoms with Gasteiger partial charge in [-0.05, 0) is 24.1 Å². The molecule has 0 aliphatic heterocycles. The summed E-state index contributed by atoms with van der Waals surface area (Å²) in [4.78, 5) is 11.8. The first-order valence-corrected chi connectivity index (χ1v) is 8.06. The summed E-state index contributed by atoms with van der Waals surface area (Å²) in [6.45, 7) is 2.83. The largest absolute Gasteiger partial charge is 0.462 e. The second kappa shape index (κ2) is 8.90. The Balaban J connectivity index is 2.07. The maximum absolute atomic E-state index is 11.8. The molecule has 0 amide bonds. The Kier molecular flexibility index (Phi) is 6.59. The highest BCUT2D eigenvalue weighted by atomic mass is 35.5. The van der Waals surface area contributed by atoms with Gasteiger partial charge in [-0.2, -0.15) is 10.4 Å². The molecule has 1 aromatic heterocycles. The highest BCUT2D eigenvalue weighted by Gasteiger charge is 2.11. The van der Waals surface area contributed by atoms with E-state index in [-0.39, 0.29) is 5.57 Å². The molecule has 0 saturated carbocycles. The minimum atomic E-state index is -0.607. The molecular formula is C18H18ClN3O2. The van der Waals surface area contributed by atoms with Gasteiger partial charge < -0.3 is 4.74 Å². The number of nitrogens with zero attached hydrogens (tertiary/aromatic N) is 3. The van der Waals surface area contributed by atoms with E-state index in [1.807, 2.05) is 37.3 Å². The zero-order valence-corrected chi connectivity index (χ0v) is 14.2. The van der Waals surface area contributed by atoms with Crippen LogP contribution in [0.1, 0.15) is 30.9 Å². The summed E-state index contributed by atoms with van der Waals surface area (Å²) in [6.07, 6.45) is 6.52. The molecule has 124 valence electrons. The lowest BCUT2D eigenvalue weighted by atomic mass is 10.2. The van der Waals surface area contributed by atoms with E-state index in [0.717, 1.165) is 18.4 Å². The van der Waals surface area contributed by atoms with E-state index in [0.29, 0.717) is 23.7 Å². The van der Waals surface area contributed by atoms with Gasteiger partial charge in [-0.3, -0.25) is 4.68 Å². The third-order valence-corrected chi connectivity index (χ3v) is 3.69. The van der Waals surface area contributed by atoms with Crippen LogP contribution in [-0.4, -0.2) is 22.4 Å². The minimum absolute atomic E-state index is 0.0385. The van der Waals surface area contributed by atoms with Crippen molar-refractivity contribution < 1.29 is 9.53 Å². The number of hydrogen-bond acceptors (Lipinski definition) is 4. The van der Waals surface area contributed by atoms with Crippen LogP contribution in [0.2, 0.25) is 5.02 Å². The van der Waals surface area contributed by atoms with Gasteiger partial charge in [0.15, 0.2) is 0 Å². The van der Waals surface area contributed by atoms with Gasteiger partial charge in [0, 0.05) is 16.8 Å². The Morgan fingerprint density at radius 3 is 2.96 bits per heavy atom. The molecule has 0 atom stereocenters. The first kappa shape index (κ1) is 17.8. The number of rotatable bonds is 7. The number of hydrogen-bond donors (Lipinski definition) is 0. The summed E-state index contributed by atoms with van der Waals surface area (Å²) < 4.78 is 6.75. The standard InChI is InChI=1S/C18H18ClN3O2/c1-2-3-8-24-18(23)16(10-20)9-14-11-21-22(12-14)13-15-6-4-5-7-17(15)19/h4-7,9,11-12H,2-3,8,13H2,1H3/b16-9+. The summed E-state index contributed by atoms with van der Waals surface area (Å²) in [7, 11) is 0. The van der Waals surface area contributed by atoms with Gasteiger partial charge >= 0.3 is 5.97 Å². The molecule has 6 heteroatoms. The molecule has 5 nitrogen and oxygen atoms in total. The second-order valence-corrected chi connectivity index (χ2v) is 5.63. The van der Waals surface area contributed by atoms with Crippen molar-refractivity contribution in [3.05, 3.63) is 58.4 Å². The molecule has 0 fully saturated rings. The lowest BCUT2D eigenvalue weighted by Gasteiger charge is -2.03. The number of unbranched alkanes of at least 4 members (excludes halogenated alkanes) is 1. The van der Waals surface area contributed by atoms with Gasteiger partial charge in [-0.15, -0.1) is 0 Å². The van der Waals surface area contributed by atoms with Gasteiger partial charge in [-0.1, -0.05) is 43.1 Å². The van der Waals surface area contributed by atoms with E-state index in [1.165, 1.54) is 6.08 Å². The summed E-state index contributed by atoms with van der Waals surface area (Å²) in [5.74, 6) is -0.607. The summed E-state index contributed by atoms with van der Waals surface area (Å²) in [6, 6.07) is 9.39. The van der Waals surface area contributed by atoms with E-state index in [4.69, 9.17) is 21.6 Å². The topological polar surface area (TPSA) is 67.9 Å². The normalized spacial score (nSPS) is 11.1. The van der Waals surface area contributed by atoms with Crippen molar-refractivity contribution in [2.75, 3.05) is 6.61 Å². The highest BCUT2D eigenvalue weighted by Crippen LogP contribution is 2.16.